The maximum Gasteiger partial charge on any atom is 0.138 e. The largest absolute Gasteiger partial charge is 0.337 e. The van der Waals surface area contributed by atoms with Gasteiger partial charge in [0, 0.05) is 5.56 Å². The lowest BCUT2D eigenvalue weighted by molar-refractivity contribution is 0.895. The molecule has 1 aromatic carbocycles. The molecule has 4 heteroatoms. The molecule has 3 nitrogen and oxygen atoms in total. The molecule has 2 heterocycles. The average Bonchev–Trinajstić information content (AvgIpc) is 3.17. The number of aryl methyl sites for hydroxylation is 1. The van der Waals surface area contributed by atoms with E-state index in [0.29, 0.717) is 5.56 Å². The van der Waals surface area contributed by atoms with Gasteiger partial charge >= 0.3 is 0 Å². The fourth-order valence-electron chi connectivity index (χ4n) is 2.29. The molecule has 0 amide bonds. The quantitative estimate of drug-likeness (QED) is 0.762. The first kappa shape index (κ1) is 13.6. The number of rotatable bonds is 4. The summed E-state index contributed by atoms with van der Waals surface area (Å²) in [5.41, 5.74) is 3.90. The van der Waals surface area contributed by atoms with Crippen LogP contribution in [0.2, 0.25) is 0 Å². The minimum atomic E-state index is 0.664. The molecular weight excluding hydrogens is 278 g/mol. The fourth-order valence-corrected chi connectivity index (χ4v) is 3.04. The van der Waals surface area contributed by atoms with Gasteiger partial charge in [0.15, 0.2) is 0 Å². The monoisotopic (exact) mass is 293 g/mol. The summed E-state index contributed by atoms with van der Waals surface area (Å²) in [5, 5.41) is 10.9. The lowest BCUT2D eigenvalue weighted by Gasteiger charge is -1.97. The predicted molar refractivity (Wildman–Crippen MR) is 86.0 cm³/mol. The van der Waals surface area contributed by atoms with Crippen LogP contribution >= 0.6 is 11.3 Å². The second kappa shape index (κ2) is 5.94. The summed E-state index contributed by atoms with van der Waals surface area (Å²) in [5.74, 6) is 0.867. The molecule has 3 aromatic rings. The van der Waals surface area contributed by atoms with Crippen molar-refractivity contribution in [3.63, 3.8) is 0 Å². The first-order chi connectivity index (χ1) is 10.3. The molecule has 0 unspecified atom stereocenters. The molecule has 0 aliphatic heterocycles. The Hall–Kier alpha value is -2.38. The predicted octanol–water partition coefficient (Wildman–Crippen LogP) is 4.63. The van der Waals surface area contributed by atoms with E-state index in [9.17, 15) is 0 Å². The highest BCUT2D eigenvalue weighted by Gasteiger charge is 2.13. The highest BCUT2D eigenvalue weighted by atomic mass is 32.1. The number of nitriles is 1. The highest BCUT2D eigenvalue weighted by Crippen LogP contribution is 2.30. The van der Waals surface area contributed by atoms with E-state index in [4.69, 9.17) is 10.2 Å². The van der Waals surface area contributed by atoms with Crippen LogP contribution in [0.25, 0.3) is 22.0 Å². The number of thiophene rings is 1. The summed E-state index contributed by atoms with van der Waals surface area (Å²) in [7, 11) is 0. The first-order valence-electron chi connectivity index (χ1n) is 6.95. The third-order valence-corrected chi connectivity index (χ3v) is 4.21. The van der Waals surface area contributed by atoms with Gasteiger partial charge in [0.05, 0.1) is 27.9 Å². The van der Waals surface area contributed by atoms with Crippen LogP contribution in [0.4, 0.5) is 0 Å². The summed E-state index contributed by atoms with van der Waals surface area (Å²) in [4.78, 5) is 9.40. The second-order valence-corrected chi connectivity index (χ2v) is 5.77. The molecule has 0 aliphatic rings. The normalized spacial score (nSPS) is 10.5. The Kier molecular flexibility index (Phi) is 3.85. The third kappa shape index (κ3) is 2.74. The van der Waals surface area contributed by atoms with E-state index in [1.807, 2.05) is 24.3 Å². The lowest BCUT2D eigenvalue weighted by atomic mass is 10.1. The Balaban J connectivity index is 2.03. The summed E-state index contributed by atoms with van der Waals surface area (Å²) < 4.78 is 0. The number of hydrogen-bond acceptors (Lipinski definition) is 3. The van der Waals surface area contributed by atoms with E-state index < -0.39 is 0 Å². The lowest BCUT2D eigenvalue weighted by Crippen LogP contribution is -1.86. The number of H-pyrrole nitrogens is 1. The first-order valence-corrected chi connectivity index (χ1v) is 7.83. The topological polar surface area (TPSA) is 52.5 Å². The third-order valence-electron chi connectivity index (χ3n) is 3.32. The molecule has 2 aromatic heterocycles. The number of hydrogen-bond donors (Lipinski definition) is 1. The minimum absolute atomic E-state index is 0.664. The smallest absolute Gasteiger partial charge is 0.138 e. The second-order valence-electron chi connectivity index (χ2n) is 4.82. The van der Waals surface area contributed by atoms with E-state index >= 15 is 0 Å². The summed E-state index contributed by atoms with van der Waals surface area (Å²) in [6, 6.07) is 13.8. The maximum atomic E-state index is 8.87. The Morgan fingerprint density at radius 2 is 2.05 bits per heavy atom. The van der Waals surface area contributed by atoms with Gasteiger partial charge in [-0.25, -0.2) is 4.98 Å². The number of imidazole rings is 1. The van der Waals surface area contributed by atoms with Crippen LogP contribution in [-0.4, -0.2) is 9.97 Å². The zero-order valence-corrected chi connectivity index (χ0v) is 12.6. The summed E-state index contributed by atoms with van der Waals surface area (Å²) >= 11 is 1.72. The van der Waals surface area contributed by atoms with Crippen molar-refractivity contribution in [2.45, 2.75) is 19.8 Å². The molecule has 0 atom stereocenters. The van der Waals surface area contributed by atoms with Gasteiger partial charge in [-0.15, -0.1) is 11.3 Å². The number of nitrogens with zero attached hydrogens (tertiary/aromatic N) is 2. The average molecular weight is 293 g/mol. The molecule has 3 rings (SSSR count). The molecule has 104 valence electrons. The molecule has 0 aliphatic carbocycles. The van der Waals surface area contributed by atoms with Crippen molar-refractivity contribution in [1.29, 1.82) is 5.26 Å². The number of benzene rings is 1. The Morgan fingerprint density at radius 3 is 2.67 bits per heavy atom. The SMILES string of the molecule is CCCc1nc(-c2ccc(C#N)cc2)[nH]c1-c1cccs1. The molecule has 0 spiro atoms. The van der Waals surface area contributed by atoms with Gasteiger partial charge in [-0.3, -0.25) is 0 Å². The van der Waals surface area contributed by atoms with Gasteiger partial charge in [0.1, 0.15) is 5.82 Å². The van der Waals surface area contributed by atoms with Crippen molar-refractivity contribution in [2.75, 3.05) is 0 Å². The van der Waals surface area contributed by atoms with Crippen LogP contribution in [0.1, 0.15) is 24.6 Å². The van der Waals surface area contributed by atoms with Crippen molar-refractivity contribution in [2.24, 2.45) is 0 Å². The molecule has 21 heavy (non-hydrogen) atoms. The standard InChI is InChI=1S/C17H15N3S/c1-2-4-14-16(15-5-3-10-21-15)20-17(19-14)13-8-6-12(11-18)7-9-13/h3,5-10H,2,4H2,1H3,(H,19,20). The van der Waals surface area contributed by atoms with E-state index in [2.05, 4.69) is 35.5 Å². The molecule has 0 fully saturated rings. The number of nitrogens with one attached hydrogen (secondary N) is 1. The van der Waals surface area contributed by atoms with Gasteiger partial charge in [-0.1, -0.05) is 19.4 Å². The Morgan fingerprint density at radius 1 is 1.24 bits per heavy atom. The Bertz CT molecular complexity index is 761. The van der Waals surface area contributed by atoms with Crippen LogP contribution in [0.15, 0.2) is 41.8 Å². The summed E-state index contributed by atoms with van der Waals surface area (Å²) in [6.07, 6.45) is 2.02. The van der Waals surface area contributed by atoms with Crippen molar-refractivity contribution in [3.05, 3.63) is 53.0 Å². The zero-order chi connectivity index (χ0) is 14.7. The molecule has 1 N–H and O–H groups in total. The van der Waals surface area contributed by atoms with E-state index in [1.165, 1.54) is 4.88 Å². The van der Waals surface area contributed by atoms with Gasteiger partial charge in [0.25, 0.3) is 0 Å². The molecule has 0 radical (unpaired) electrons. The fraction of sp³-hybridized carbons (Fsp3) is 0.176. The number of aromatic nitrogens is 2. The molecule has 0 saturated heterocycles. The van der Waals surface area contributed by atoms with Crippen LogP contribution in [-0.2, 0) is 6.42 Å². The van der Waals surface area contributed by atoms with Gasteiger partial charge < -0.3 is 4.98 Å². The summed E-state index contributed by atoms with van der Waals surface area (Å²) in [6.45, 7) is 2.16. The van der Waals surface area contributed by atoms with Gasteiger partial charge in [0.2, 0.25) is 0 Å². The van der Waals surface area contributed by atoms with E-state index in [1.54, 1.807) is 11.3 Å². The van der Waals surface area contributed by atoms with Crippen LogP contribution in [0.3, 0.4) is 0 Å². The van der Waals surface area contributed by atoms with Crippen LogP contribution in [0.5, 0.6) is 0 Å². The zero-order valence-electron chi connectivity index (χ0n) is 11.8. The number of aromatic amines is 1. The van der Waals surface area contributed by atoms with E-state index in [0.717, 1.165) is 35.6 Å². The molecular formula is C17H15N3S. The Labute approximate surface area is 127 Å². The maximum absolute atomic E-state index is 8.87. The van der Waals surface area contributed by atoms with Crippen LogP contribution < -0.4 is 0 Å². The highest BCUT2D eigenvalue weighted by molar-refractivity contribution is 7.13. The van der Waals surface area contributed by atoms with Crippen molar-refractivity contribution >= 4 is 11.3 Å². The van der Waals surface area contributed by atoms with Crippen molar-refractivity contribution < 1.29 is 0 Å². The van der Waals surface area contributed by atoms with Gasteiger partial charge in [-0.2, -0.15) is 5.26 Å². The molecule has 0 bridgehead atoms. The van der Waals surface area contributed by atoms with Crippen molar-refractivity contribution in [1.82, 2.24) is 9.97 Å². The van der Waals surface area contributed by atoms with Crippen molar-refractivity contribution in [3.8, 4) is 28.0 Å². The van der Waals surface area contributed by atoms with Crippen LogP contribution in [0, 0.1) is 11.3 Å². The van der Waals surface area contributed by atoms with Gasteiger partial charge in [-0.05, 0) is 42.1 Å². The minimum Gasteiger partial charge on any atom is -0.337 e. The van der Waals surface area contributed by atoms with E-state index in [-0.39, 0.29) is 0 Å². The molecule has 0 saturated carbocycles.